The molecule has 0 radical (unpaired) electrons. The van der Waals surface area contributed by atoms with Crippen molar-refractivity contribution in [1.29, 1.82) is 0 Å². The first-order chi connectivity index (χ1) is 7.59. The zero-order valence-electron chi connectivity index (χ0n) is 8.97. The molecule has 2 rings (SSSR count). The molecule has 0 atom stereocenters. The van der Waals surface area contributed by atoms with E-state index in [1.807, 2.05) is 6.07 Å². The Labute approximate surface area is 92.8 Å². The van der Waals surface area contributed by atoms with Crippen LogP contribution in [-0.2, 0) is 17.8 Å². The van der Waals surface area contributed by atoms with Gasteiger partial charge in [-0.05, 0) is 12.0 Å². The Morgan fingerprint density at radius 3 is 2.88 bits per heavy atom. The van der Waals surface area contributed by atoms with Gasteiger partial charge >= 0.3 is 0 Å². The second-order valence-electron chi connectivity index (χ2n) is 3.86. The molecule has 0 spiro atoms. The minimum absolute atomic E-state index is 0.0113. The minimum Gasteiger partial charge on any atom is -0.338 e. The molecule has 16 heavy (non-hydrogen) atoms. The van der Waals surface area contributed by atoms with Crippen molar-refractivity contribution in [2.45, 2.75) is 19.9 Å². The first kappa shape index (κ1) is 10.6. The highest BCUT2D eigenvalue weighted by Crippen LogP contribution is 2.27. The molecule has 1 aliphatic heterocycles. The molecule has 0 saturated heterocycles. The van der Waals surface area contributed by atoms with Gasteiger partial charge in [0.25, 0.3) is 5.69 Å². The van der Waals surface area contributed by atoms with Gasteiger partial charge in [0.05, 0.1) is 4.92 Å². The Balaban J connectivity index is 2.38. The summed E-state index contributed by atoms with van der Waals surface area (Å²) < 4.78 is 0. The molecule has 0 aromatic heterocycles. The zero-order valence-corrected chi connectivity index (χ0v) is 8.97. The molecule has 0 unspecified atom stereocenters. The SMILES string of the molecule is CC(=O)N1CCc2c(cccc2[N+](=O)[O-])C1. The lowest BCUT2D eigenvalue weighted by atomic mass is 9.98. The number of nitrogens with zero attached hydrogens (tertiary/aromatic N) is 2. The van der Waals surface area contributed by atoms with Crippen LogP contribution in [0.2, 0.25) is 0 Å². The van der Waals surface area contributed by atoms with Crippen LogP contribution in [0.3, 0.4) is 0 Å². The van der Waals surface area contributed by atoms with Crippen molar-refractivity contribution in [2.75, 3.05) is 6.54 Å². The normalized spacial score (nSPS) is 14.4. The fraction of sp³-hybridized carbons (Fsp3) is 0.364. The van der Waals surface area contributed by atoms with E-state index >= 15 is 0 Å². The van der Waals surface area contributed by atoms with Crippen LogP contribution in [0.4, 0.5) is 5.69 Å². The standard InChI is InChI=1S/C11H12N2O3/c1-8(14)12-6-5-10-9(7-12)3-2-4-11(10)13(15)16/h2-4H,5-7H2,1H3. The number of nitro groups is 1. The average Bonchev–Trinajstić information content (AvgIpc) is 2.27. The minimum atomic E-state index is -0.359. The molecule has 1 aromatic carbocycles. The number of carbonyl (C=O) groups excluding carboxylic acids is 1. The van der Waals surface area contributed by atoms with Crippen molar-refractivity contribution >= 4 is 11.6 Å². The Kier molecular flexibility index (Phi) is 2.60. The maximum Gasteiger partial charge on any atom is 0.272 e. The van der Waals surface area contributed by atoms with Gasteiger partial charge in [0.15, 0.2) is 0 Å². The highest BCUT2D eigenvalue weighted by molar-refractivity contribution is 5.73. The maximum atomic E-state index is 11.2. The predicted molar refractivity (Wildman–Crippen MR) is 57.9 cm³/mol. The number of hydrogen-bond acceptors (Lipinski definition) is 3. The van der Waals surface area contributed by atoms with E-state index in [1.165, 1.54) is 13.0 Å². The van der Waals surface area contributed by atoms with E-state index in [0.29, 0.717) is 19.5 Å². The molecule has 0 saturated carbocycles. The van der Waals surface area contributed by atoms with Crippen molar-refractivity contribution in [3.63, 3.8) is 0 Å². The van der Waals surface area contributed by atoms with E-state index in [2.05, 4.69) is 0 Å². The molecule has 1 aromatic rings. The van der Waals surface area contributed by atoms with Gasteiger partial charge < -0.3 is 4.90 Å². The summed E-state index contributed by atoms with van der Waals surface area (Å²) in [6.07, 6.45) is 0.562. The summed E-state index contributed by atoms with van der Waals surface area (Å²) in [5.41, 5.74) is 1.82. The molecular weight excluding hydrogens is 208 g/mol. The first-order valence-electron chi connectivity index (χ1n) is 5.10. The monoisotopic (exact) mass is 220 g/mol. The van der Waals surface area contributed by atoms with E-state index < -0.39 is 0 Å². The summed E-state index contributed by atoms with van der Waals surface area (Å²) in [5, 5.41) is 10.8. The van der Waals surface area contributed by atoms with Gasteiger partial charge in [-0.15, -0.1) is 0 Å². The molecule has 1 aliphatic rings. The Morgan fingerprint density at radius 2 is 2.25 bits per heavy atom. The number of hydrogen-bond donors (Lipinski definition) is 0. The molecule has 0 N–H and O–H groups in total. The fourth-order valence-electron chi connectivity index (χ4n) is 2.03. The van der Waals surface area contributed by atoms with Gasteiger partial charge in [0.2, 0.25) is 5.91 Å². The van der Waals surface area contributed by atoms with Crippen LogP contribution in [-0.4, -0.2) is 22.3 Å². The predicted octanol–water partition coefficient (Wildman–Crippen LogP) is 1.50. The highest BCUT2D eigenvalue weighted by Gasteiger charge is 2.24. The van der Waals surface area contributed by atoms with Crippen molar-refractivity contribution < 1.29 is 9.72 Å². The summed E-state index contributed by atoms with van der Waals surface area (Å²) in [6, 6.07) is 5.03. The van der Waals surface area contributed by atoms with Crippen LogP contribution < -0.4 is 0 Å². The van der Waals surface area contributed by atoms with Crippen LogP contribution in [0.1, 0.15) is 18.1 Å². The molecule has 0 fully saturated rings. The molecule has 0 bridgehead atoms. The number of nitro benzene ring substituents is 1. The lowest BCUT2D eigenvalue weighted by Crippen LogP contribution is -2.34. The smallest absolute Gasteiger partial charge is 0.272 e. The molecular formula is C11H12N2O3. The molecule has 1 amide bonds. The van der Waals surface area contributed by atoms with Crippen molar-refractivity contribution in [3.8, 4) is 0 Å². The summed E-state index contributed by atoms with van der Waals surface area (Å²) in [5.74, 6) is 0.0113. The van der Waals surface area contributed by atoms with Crippen LogP contribution in [0.25, 0.3) is 0 Å². The van der Waals surface area contributed by atoms with E-state index in [0.717, 1.165) is 11.1 Å². The fourth-order valence-corrected chi connectivity index (χ4v) is 2.03. The van der Waals surface area contributed by atoms with Crippen molar-refractivity contribution in [2.24, 2.45) is 0 Å². The van der Waals surface area contributed by atoms with Crippen molar-refractivity contribution in [3.05, 3.63) is 39.4 Å². The number of amides is 1. The van der Waals surface area contributed by atoms with Gasteiger partial charge in [-0.3, -0.25) is 14.9 Å². The Bertz CT molecular complexity index is 457. The van der Waals surface area contributed by atoms with Gasteiger partial charge in [-0.1, -0.05) is 12.1 Å². The first-order valence-corrected chi connectivity index (χ1v) is 5.10. The quantitative estimate of drug-likeness (QED) is 0.532. The van der Waals surface area contributed by atoms with Crippen LogP contribution in [0.5, 0.6) is 0 Å². The number of benzene rings is 1. The molecule has 5 nitrogen and oxygen atoms in total. The summed E-state index contributed by atoms with van der Waals surface area (Å²) in [6.45, 7) is 2.56. The maximum absolute atomic E-state index is 11.2. The van der Waals surface area contributed by atoms with Crippen LogP contribution in [0, 0.1) is 10.1 Å². The van der Waals surface area contributed by atoms with Gasteiger partial charge in [-0.25, -0.2) is 0 Å². The van der Waals surface area contributed by atoms with E-state index in [-0.39, 0.29) is 16.5 Å². The third kappa shape index (κ3) is 1.76. The number of fused-ring (bicyclic) bond motifs is 1. The lowest BCUT2D eigenvalue weighted by Gasteiger charge is -2.27. The zero-order chi connectivity index (χ0) is 11.7. The molecule has 84 valence electrons. The largest absolute Gasteiger partial charge is 0.338 e. The average molecular weight is 220 g/mol. The van der Waals surface area contributed by atoms with E-state index in [9.17, 15) is 14.9 Å². The highest BCUT2D eigenvalue weighted by atomic mass is 16.6. The number of rotatable bonds is 1. The van der Waals surface area contributed by atoms with Crippen LogP contribution in [0.15, 0.2) is 18.2 Å². The summed E-state index contributed by atoms with van der Waals surface area (Å²) >= 11 is 0. The second kappa shape index (κ2) is 3.92. The lowest BCUT2D eigenvalue weighted by molar-refractivity contribution is -0.385. The topological polar surface area (TPSA) is 63.5 Å². The van der Waals surface area contributed by atoms with Gasteiger partial charge in [-0.2, -0.15) is 0 Å². The summed E-state index contributed by atoms with van der Waals surface area (Å²) in [7, 11) is 0. The van der Waals surface area contributed by atoms with Gasteiger partial charge in [0.1, 0.15) is 0 Å². The summed E-state index contributed by atoms with van der Waals surface area (Å²) in [4.78, 5) is 23.4. The third-order valence-corrected chi connectivity index (χ3v) is 2.88. The second-order valence-corrected chi connectivity index (χ2v) is 3.86. The van der Waals surface area contributed by atoms with E-state index in [4.69, 9.17) is 0 Å². The third-order valence-electron chi connectivity index (χ3n) is 2.88. The Morgan fingerprint density at radius 1 is 1.50 bits per heavy atom. The van der Waals surface area contributed by atoms with Crippen molar-refractivity contribution in [1.82, 2.24) is 4.90 Å². The van der Waals surface area contributed by atoms with Gasteiger partial charge in [0, 0.05) is 31.6 Å². The van der Waals surface area contributed by atoms with Crippen LogP contribution >= 0.6 is 0 Å². The molecule has 0 aliphatic carbocycles. The number of carbonyl (C=O) groups is 1. The molecule has 1 heterocycles. The van der Waals surface area contributed by atoms with E-state index in [1.54, 1.807) is 11.0 Å². The Hall–Kier alpha value is -1.91. The molecule has 5 heteroatoms.